The minimum absolute atomic E-state index is 0. The second kappa shape index (κ2) is 12.0. The van der Waals surface area contributed by atoms with Crippen molar-refractivity contribution in [3.8, 4) is 0 Å². The molecule has 1 unspecified atom stereocenters. The van der Waals surface area contributed by atoms with Crippen LogP contribution in [0.3, 0.4) is 0 Å². The lowest BCUT2D eigenvalue weighted by molar-refractivity contribution is -0.134. The van der Waals surface area contributed by atoms with Gasteiger partial charge in [0.25, 0.3) is 0 Å². The maximum Gasteiger partial charge on any atom is 0.314 e. The van der Waals surface area contributed by atoms with Crippen molar-refractivity contribution in [3.05, 3.63) is 60.7 Å². The zero-order valence-corrected chi connectivity index (χ0v) is 24.1. The minimum atomic E-state index is -0.362. The number of urea groups is 1. The first-order valence-electron chi connectivity index (χ1n) is 12.7. The molecule has 0 bridgehead atoms. The molecule has 3 amide bonds. The third kappa shape index (κ3) is 6.17. The van der Waals surface area contributed by atoms with Crippen LogP contribution >= 0.6 is 43.5 Å². The number of primary amides is 1. The zero-order chi connectivity index (χ0) is 25.4. The highest BCUT2D eigenvalue weighted by Crippen LogP contribution is 2.46. The Labute approximate surface area is 241 Å². The fourth-order valence-electron chi connectivity index (χ4n) is 6.25. The van der Waals surface area contributed by atoms with Crippen LogP contribution in [0.5, 0.6) is 0 Å². The highest BCUT2D eigenvalue weighted by molar-refractivity contribution is 9.10. The summed E-state index contributed by atoms with van der Waals surface area (Å²) in [5, 5.41) is 0.751. The van der Waals surface area contributed by atoms with Gasteiger partial charge in [-0.2, -0.15) is 0 Å². The number of amides is 3. The molecule has 3 heterocycles. The van der Waals surface area contributed by atoms with E-state index in [1.54, 1.807) is 4.90 Å². The standard InChI is InChI=1S/C27H31Br2ClN4O2.CH4/c28-20-12-19-2-1-18-13-21(30)14-22(29)24(18)25(26(19)32-15-20)17-5-9-33(10-6-17)23(35)11-16-3-7-34(8-4-16)27(31)36;/h12-17,25H,1-11H2,(H2,31,36);1H4. The molecular weight excluding hydrogens is 620 g/mol. The second-order valence-corrected chi connectivity index (χ2v) is 12.5. The molecule has 1 aliphatic carbocycles. The number of nitrogens with two attached hydrogens (primary N) is 1. The number of carbonyl (C=O) groups excluding carboxylic acids is 2. The first kappa shape index (κ1) is 28.4. The van der Waals surface area contributed by atoms with Gasteiger partial charge in [0.05, 0.1) is 5.69 Å². The Kier molecular flexibility index (Phi) is 9.23. The first-order chi connectivity index (χ1) is 17.3. The Morgan fingerprint density at radius 1 is 0.973 bits per heavy atom. The summed E-state index contributed by atoms with van der Waals surface area (Å²) in [5.41, 5.74) is 10.4. The Bertz CT molecular complexity index is 1160. The molecule has 2 N–H and O–H groups in total. The summed E-state index contributed by atoms with van der Waals surface area (Å²) in [6.45, 7) is 2.84. The number of likely N-dealkylation sites (tertiary alicyclic amines) is 2. The predicted molar refractivity (Wildman–Crippen MR) is 155 cm³/mol. The molecule has 0 saturated carbocycles. The molecule has 6 nitrogen and oxygen atoms in total. The molecule has 3 aliphatic rings. The highest BCUT2D eigenvalue weighted by Gasteiger charge is 2.36. The molecule has 0 radical (unpaired) electrons. The number of rotatable bonds is 3. The fourth-order valence-corrected chi connectivity index (χ4v) is 7.75. The number of nitrogens with zero attached hydrogens (tertiary/aromatic N) is 3. The summed E-state index contributed by atoms with van der Waals surface area (Å²) < 4.78 is 2.05. The van der Waals surface area contributed by atoms with E-state index < -0.39 is 0 Å². The van der Waals surface area contributed by atoms with E-state index in [-0.39, 0.29) is 25.3 Å². The van der Waals surface area contributed by atoms with Crippen molar-refractivity contribution in [2.75, 3.05) is 26.2 Å². The van der Waals surface area contributed by atoms with Gasteiger partial charge in [0, 0.05) is 58.7 Å². The van der Waals surface area contributed by atoms with Crippen molar-refractivity contribution in [2.24, 2.45) is 17.6 Å². The molecule has 2 fully saturated rings. The first-order valence-corrected chi connectivity index (χ1v) is 14.7. The molecule has 1 aromatic heterocycles. The Morgan fingerprint density at radius 3 is 2.30 bits per heavy atom. The molecule has 0 spiro atoms. The van der Waals surface area contributed by atoms with Crippen molar-refractivity contribution < 1.29 is 9.59 Å². The van der Waals surface area contributed by atoms with E-state index in [4.69, 9.17) is 22.3 Å². The molecule has 2 saturated heterocycles. The van der Waals surface area contributed by atoms with E-state index in [9.17, 15) is 9.59 Å². The van der Waals surface area contributed by atoms with Crippen molar-refractivity contribution in [1.29, 1.82) is 0 Å². The van der Waals surface area contributed by atoms with Crippen molar-refractivity contribution in [3.63, 3.8) is 0 Å². The zero-order valence-electron chi connectivity index (χ0n) is 20.2. The Balaban J connectivity index is 0.00000320. The molecule has 9 heteroatoms. The number of halogens is 3. The van der Waals surface area contributed by atoms with Crippen LogP contribution in [-0.4, -0.2) is 52.9 Å². The average Bonchev–Trinajstić information content (AvgIpc) is 3.01. The van der Waals surface area contributed by atoms with Crippen molar-refractivity contribution >= 4 is 55.4 Å². The quantitative estimate of drug-likeness (QED) is 0.408. The van der Waals surface area contributed by atoms with Gasteiger partial charge in [0.2, 0.25) is 5.91 Å². The topological polar surface area (TPSA) is 79.5 Å². The second-order valence-electron chi connectivity index (χ2n) is 10.3. The monoisotopic (exact) mass is 652 g/mol. The summed E-state index contributed by atoms with van der Waals surface area (Å²) in [5.74, 6) is 1.14. The van der Waals surface area contributed by atoms with Gasteiger partial charge in [-0.25, -0.2) is 4.79 Å². The summed E-state index contributed by atoms with van der Waals surface area (Å²) in [4.78, 5) is 33.2. The van der Waals surface area contributed by atoms with Crippen molar-refractivity contribution in [2.45, 2.75) is 58.3 Å². The van der Waals surface area contributed by atoms with Crippen LogP contribution in [-0.2, 0) is 17.6 Å². The van der Waals surface area contributed by atoms with E-state index in [1.807, 2.05) is 17.2 Å². The number of carbonyl (C=O) groups is 2. The highest BCUT2D eigenvalue weighted by atomic mass is 79.9. The summed E-state index contributed by atoms with van der Waals surface area (Å²) in [6.07, 6.45) is 7.92. The summed E-state index contributed by atoms with van der Waals surface area (Å²) >= 11 is 13.9. The molecule has 1 aromatic carbocycles. The van der Waals surface area contributed by atoms with Crippen molar-refractivity contribution in [1.82, 2.24) is 14.8 Å². The smallest absolute Gasteiger partial charge is 0.314 e. The number of hydrogen-bond donors (Lipinski definition) is 1. The molecule has 2 aromatic rings. The van der Waals surface area contributed by atoms with Gasteiger partial charge in [-0.05, 0) is 101 Å². The number of fused-ring (bicyclic) bond motifs is 2. The predicted octanol–water partition coefficient (Wildman–Crippen LogP) is 6.55. The Hall–Kier alpha value is -1.64. The van der Waals surface area contributed by atoms with Crippen LogP contribution in [0.4, 0.5) is 4.79 Å². The normalized spacial score (nSPS) is 20.5. The van der Waals surface area contributed by atoms with Crippen LogP contribution in [0.2, 0.25) is 5.02 Å². The van der Waals surface area contributed by atoms with E-state index in [2.05, 4.69) is 44.0 Å². The lowest BCUT2D eigenvalue weighted by Crippen LogP contribution is -2.44. The van der Waals surface area contributed by atoms with E-state index in [0.717, 1.165) is 71.3 Å². The fraction of sp³-hybridized carbons (Fsp3) is 0.536. The van der Waals surface area contributed by atoms with E-state index >= 15 is 0 Å². The van der Waals surface area contributed by atoms with Gasteiger partial charge >= 0.3 is 6.03 Å². The van der Waals surface area contributed by atoms with Crippen LogP contribution < -0.4 is 5.73 Å². The lowest BCUT2D eigenvalue weighted by atomic mass is 9.76. The molecule has 5 rings (SSSR count). The van der Waals surface area contributed by atoms with E-state index in [0.29, 0.717) is 31.3 Å². The minimum Gasteiger partial charge on any atom is -0.351 e. The molecule has 2 aliphatic heterocycles. The van der Waals surface area contributed by atoms with Crippen LogP contribution in [0.15, 0.2) is 33.3 Å². The average molecular weight is 655 g/mol. The molecule has 37 heavy (non-hydrogen) atoms. The number of pyridine rings is 1. The summed E-state index contributed by atoms with van der Waals surface area (Å²) in [7, 11) is 0. The maximum absolute atomic E-state index is 13.1. The van der Waals surface area contributed by atoms with Crippen LogP contribution in [0.25, 0.3) is 0 Å². The third-order valence-electron chi connectivity index (χ3n) is 8.17. The third-order valence-corrected chi connectivity index (χ3v) is 9.48. The van der Waals surface area contributed by atoms with Gasteiger partial charge in [0.15, 0.2) is 0 Å². The van der Waals surface area contributed by atoms with Gasteiger partial charge in [-0.3, -0.25) is 9.78 Å². The number of hydrogen-bond acceptors (Lipinski definition) is 3. The number of piperidine rings is 2. The van der Waals surface area contributed by atoms with Gasteiger partial charge in [-0.15, -0.1) is 0 Å². The van der Waals surface area contributed by atoms with Gasteiger partial charge < -0.3 is 15.5 Å². The SMILES string of the molecule is C.NC(=O)N1CCC(CC(=O)N2CCC(C3c4ncc(Br)cc4CCc4cc(Cl)cc(Br)c43)CC2)CC1. The number of aryl methyl sites for hydroxylation is 2. The lowest BCUT2D eigenvalue weighted by Gasteiger charge is -2.38. The van der Waals surface area contributed by atoms with E-state index in [1.165, 1.54) is 16.7 Å². The van der Waals surface area contributed by atoms with Gasteiger partial charge in [-0.1, -0.05) is 35.0 Å². The molecular formula is C28H35Br2ClN4O2. The number of benzene rings is 1. The van der Waals surface area contributed by atoms with Crippen LogP contribution in [0.1, 0.15) is 67.8 Å². The molecule has 200 valence electrons. The van der Waals surface area contributed by atoms with Gasteiger partial charge in [0.1, 0.15) is 0 Å². The van der Waals surface area contributed by atoms with Crippen LogP contribution in [0, 0.1) is 11.8 Å². The summed E-state index contributed by atoms with van der Waals surface area (Å²) in [6, 6.07) is 5.95. The largest absolute Gasteiger partial charge is 0.351 e. The maximum atomic E-state index is 13.1. The number of aromatic nitrogens is 1. The molecule has 1 atom stereocenters. The Morgan fingerprint density at radius 2 is 1.62 bits per heavy atom.